The van der Waals surface area contributed by atoms with E-state index >= 15 is 0 Å². The minimum Gasteiger partial charge on any atom is -0.497 e. The predicted molar refractivity (Wildman–Crippen MR) is 74.8 cm³/mol. The Labute approximate surface area is 118 Å². The highest BCUT2D eigenvalue weighted by atomic mass is 35.5. The molecule has 0 aromatic heterocycles. The largest absolute Gasteiger partial charge is 0.497 e. The van der Waals surface area contributed by atoms with Crippen molar-refractivity contribution < 1.29 is 14.3 Å². The van der Waals surface area contributed by atoms with Crippen molar-refractivity contribution in [1.29, 1.82) is 0 Å². The highest BCUT2D eigenvalue weighted by molar-refractivity contribution is 5.88. The summed E-state index contributed by atoms with van der Waals surface area (Å²) in [6, 6.07) is 5.49. The van der Waals surface area contributed by atoms with Gasteiger partial charge in [-0.1, -0.05) is 0 Å². The monoisotopic (exact) mass is 286 g/mol. The van der Waals surface area contributed by atoms with Crippen LogP contribution in [0.2, 0.25) is 0 Å². The van der Waals surface area contributed by atoms with Crippen LogP contribution >= 0.6 is 12.4 Å². The second-order valence-electron chi connectivity index (χ2n) is 4.52. The fourth-order valence-electron chi connectivity index (χ4n) is 1.71. The Morgan fingerprint density at radius 2 is 2.05 bits per heavy atom. The van der Waals surface area contributed by atoms with Crippen LogP contribution in [-0.2, 0) is 11.3 Å². The van der Waals surface area contributed by atoms with Gasteiger partial charge in [-0.25, -0.2) is 0 Å². The molecule has 1 aliphatic rings. The smallest absolute Gasteiger partial charge is 0.240 e. The van der Waals surface area contributed by atoms with Gasteiger partial charge in [0.2, 0.25) is 5.91 Å². The molecule has 0 saturated heterocycles. The van der Waals surface area contributed by atoms with Crippen molar-refractivity contribution >= 4 is 18.3 Å². The number of benzene rings is 1. The van der Waals surface area contributed by atoms with Crippen LogP contribution in [0.1, 0.15) is 18.4 Å². The van der Waals surface area contributed by atoms with E-state index in [1.54, 1.807) is 20.3 Å². The minimum atomic E-state index is -0.639. The first-order valence-corrected chi connectivity index (χ1v) is 5.87. The molecule has 0 heterocycles. The molecular formula is C13H19ClN2O3. The third kappa shape index (κ3) is 3.52. The summed E-state index contributed by atoms with van der Waals surface area (Å²) in [6.07, 6.45) is 1.52. The van der Waals surface area contributed by atoms with Gasteiger partial charge in [-0.15, -0.1) is 12.4 Å². The second-order valence-corrected chi connectivity index (χ2v) is 4.52. The summed E-state index contributed by atoms with van der Waals surface area (Å²) in [6.45, 7) is 0.408. The zero-order chi connectivity index (χ0) is 13.2. The van der Waals surface area contributed by atoms with Gasteiger partial charge in [0.25, 0.3) is 0 Å². The van der Waals surface area contributed by atoms with Gasteiger partial charge in [-0.3, -0.25) is 4.79 Å². The molecular weight excluding hydrogens is 268 g/mol. The molecule has 0 unspecified atom stereocenters. The van der Waals surface area contributed by atoms with Gasteiger partial charge in [0.1, 0.15) is 11.5 Å². The Balaban J connectivity index is 0.00000180. The summed E-state index contributed by atoms with van der Waals surface area (Å²) < 4.78 is 10.4. The zero-order valence-electron chi connectivity index (χ0n) is 11.1. The number of amides is 1. The van der Waals surface area contributed by atoms with Gasteiger partial charge in [-0.2, -0.15) is 0 Å². The summed E-state index contributed by atoms with van der Waals surface area (Å²) in [4.78, 5) is 11.7. The van der Waals surface area contributed by atoms with Crippen LogP contribution in [0.4, 0.5) is 0 Å². The van der Waals surface area contributed by atoms with E-state index in [-0.39, 0.29) is 18.3 Å². The van der Waals surface area contributed by atoms with E-state index in [0.29, 0.717) is 12.3 Å². The lowest BCUT2D eigenvalue weighted by Gasteiger charge is -2.13. The topological polar surface area (TPSA) is 73.6 Å². The fourth-order valence-corrected chi connectivity index (χ4v) is 1.71. The third-order valence-corrected chi connectivity index (χ3v) is 3.17. The molecule has 2 rings (SSSR count). The van der Waals surface area contributed by atoms with Crippen molar-refractivity contribution in [2.24, 2.45) is 5.73 Å². The number of hydrogen-bond acceptors (Lipinski definition) is 4. The normalized spacial score (nSPS) is 15.1. The SMILES string of the molecule is COc1ccc(CNC(=O)C2(N)CC2)c(OC)c1.Cl. The van der Waals surface area contributed by atoms with E-state index in [4.69, 9.17) is 15.2 Å². The van der Waals surface area contributed by atoms with Gasteiger partial charge >= 0.3 is 0 Å². The Bertz CT molecular complexity index is 461. The molecule has 0 aliphatic heterocycles. The van der Waals surface area contributed by atoms with Crippen molar-refractivity contribution in [2.75, 3.05) is 14.2 Å². The van der Waals surface area contributed by atoms with Crippen LogP contribution in [0.25, 0.3) is 0 Å². The first kappa shape index (κ1) is 15.6. The van der Waals surface area contributed by atoms with E-state index in [9.17, 15) is 4.79 Å². The number of nitrogens with one attached hydrogen (secondary N) is 1. The average molecular weight is 287 g/mol. The molecule has 1 saturated carbocycles. The van der Waals surface area contributed by atoms with Crippen LogP contribution < -0.4 is 20.5 Å². The van der Waals surface area contributed by atoms with Crippen LogP contribution in [0.3, 0.4) is 0 Å². The second kappa shape index (κ2) is 6.12. The standard InChI is InChI=1S/C13H18N2O3.ClH/c1-17-10-4-3-9(11(7-10)18-2)8-15-12(16)13(14)5-6-13;/h3-4,7H,5-6,8,14H2,1-2H3,(H,15,16);1H. The maximum Gasteiger partial charge on any atom is 0.240 e. The Hall–Kier alpha value is -1.46. The van der Waals surface area contributed by atoms with Crippen LogP contribution in [0, 0.1) is 0 Å². The summed E-state index contributed by atoms with van der Waals surface area (Å²) >= 11 is 0. The molecule has 1 aromatic carbocycles. The maximum absolute atomic E-state index is 11.7. The number of carbonyl (C=O) groups is 1. The maximum atomic E-state index is 11.7. The molecule has 6 heteroatoms. The molecule has 1 aromatic rings. The first-order chi connectivity index (χ1) is 8.59. The van der Waals surface area contributed by atoms with Crippen molar-refractivity contribution in [1.82, 2.24) is 5.32 Å². The number of nitrogens with two attached hydrogens (primary N) is 1. The van der Waals surface area contributed by atoms with Gasteiger partial charge in [0, 0.05) is 18.2 Å². The van der Waals surface area contributed by atoms with Crippen molar-refractivity contribution in [2.45, 2.75) is 24.9 Å². The molecule has 0 bridgehead atoms. The molecule has 1 fully saturated rings. The van der Waals surface area contributed by atoms with Crippen molar-refractivity contribution in [3.8, 4) is 11.5 Å². The number of methoxy groups -OCH3 is 2. The molecule has 0 radical (unpaired) electrons. The Morgan fingerprint density at radius 3 is 2.58 bits per heavy atom. The van der Waals surface area contributed by atoms with Gasteiger partial charge in [-0.05, 0) is 25.0 Å². The van der Waals surface area contributed by atoms with Crippen molar-refractivity contribution in [3.05, 3.63) is 23.8 Å². The van der Waals surface area contributed by atoms with E-state index < -0.39 is 5.54 Å². The summed E-state index contributed by atoms with van der Waals surface area (Å²) in [5, 5.41) is 2.83. The molecule has 0 spiro atoms. The van der Waals surface area contributed by atoms with Gasteiger partial charge < -0.3 is 20.5 Å². The number of ether oxygens (including phenoxy) is 2. The predicted octanol–water partition coefficient (Wildman–Crippen LogP) is 1.23. The Kier molecular flexibility index (Phi) is 5.03. The number of rotatable bonds is 5. The third-order valence-electron chi connectivity index (χ3n) is 3.17. The molecule has 106 valence electrons. The van der Waals surface area contributed by atoms with Crippen molar-refractivity contribution in [3.63, 3.8) is 0 Å². The van der Waals surface area contributed by atoms with E-state index in [1.165, 1.54) is 0 Å². The highest BCUT2D eigenvalue weighted by Gasteiger charge is 2.45. The lowest BCUT2D eigenvalue weighted by atomic mass is 10.1. The molecule has 19 heavy (non-hydrogen) atoms. The molecule has 3 N–H and O–H groups in total. The quantitative estimate of drug-likeness (QED) is 0.854. The molecule has 1 aliphatic carbocycles. The van der Waals surface area contributed by atoms with E-state index in [1.807, 2.05) is 12.1 Å². The Morgan fingerprint density at radius 1 is 1.37 bits per heavy atom. The lowest BCUT2D eigenvalue weighted by Crippen LogP contribution is -2.42. The lowest BCUT2D eigenvalue weighted by molar-refractivity contribution is -0.123. The molecule has 1 amide bonds. The summed E-state index contributed by atoms with van der Waals surface area (Å²) in [5.41, 5.74) is 6.07. The minimum absolute atomic E-state index is 0. The summed E-state index contributed by atoms with van der Waals surface area (Å²) in [5.74, 6) is 1.32. The number of hydrogen-bond donors (Lipinski definition) is 2. The van der Waals surface area contributed by atoms with Crippen LogP contribution in [0.5, 0.6) is 11.5 Å². The fraction of sp³-hybridized carbons (Fsp3) is 0.462. The summed E-state index contributed by atoms with van der Waals surface area (Å²) in [7, 11) is 3.19. The number of halogens is 1. The average Bonchev–Trinajstić information content (AvgIpc) is 3.15. The zero-order valence-corrected chi connectivity index (χ0v) is 11.9. The number of carbonyl (C=O) groups excluding carboxylic acids is 1. The van der Waals surface area contributed by atoms with E-state index in [0.717, 1.165) is 24.2 Å². The first-order valence-electron chi connectivity index (χ1n) is 5.87. The van der Waals surface area contributed by atoms with Crippen LogP contribution in [-0.4, -0.2) is 25.7 Å². The van der Waals surface area contributed by atoms with Gasteiger partial charge in [0.05, 0.1) is 19.8 Å². The molecule has 0 atom stereocenters. The molecule has 5 nitrogen and oxygen atoms in total. The highest BCUT2D eigenvalue weighted by Crippen LogP contribution is 2.32. The van der Waals surface area contributed by atoms with E-state index in [2.05, 4.69) is 5.32 Å². The van der Waals surface area contributed by atoms with Crippen LogP contribution in [0.15, 0.2) is 18.2 Å². The van der Waals surface area contributed by atoms with Gasteiger partial charge in [0.15, 0.2) is 0 Å².